The van der Waals surface area contributed by atoms with Gasteiger partial charge in [0.1, 0.15) is 0 Å². The summed E-state index contributed by atoms with van der Waals surface area (Å²) in [5, 5.41) is 13.7. The van der Waals surface area contributed by atoms with Crippen LogP contribution in [-0.4, -0.2) is 89.5 Å². The molecule has 4 aliphatic rings. The molecule has 39 heavy (non-hydrogen) atoms. The summed E-state index contributed by atoms with van der Waals surface area (Å²) in [6.07, 6.45) is -1.13. The van der Waals surface area contributed by atoms with Gasteiger partial charge in [-0.1, -0.05) is 13.3 Å². The molecule has 4 heterocycles. The molecular formula is C27H37F3N4O5. The Kier molecular flexibility index (Phi) is 7.82. The number of hydrogen-bond acceptors (Lipinski definition) is 6. The Bertz CT molecular complexity index is 1090. The maximum atomic E-state index is 14.4. The Labute approximate surface area is 226 Å². The second-order valence-corrected chi connectivity index (χ2v) is 11.4. The fourth-order valence-electron chi connectivity index (χ4n) is 7.36. The Morgan fingerprint density at radius 1 is 1.36 bits per heavy atom. The Hall–Kier alpha value is -2.44. The number of carboxylic acid groups (broad SMARTS) is 1. The molecule has 1 aliphatic carbocycles. The van der Waals surface area contributed by atoms with Gasteiger partial charge in [-0.15, -0.1) is 0 Å². The lowest BCUT2D eigenvalue weighted by Crippen LogP contribution is -2.52. The van der Waals surface area contributed by atoms with Crippen LogP contribution < -0.4 is 5.32 Å². The van der Waals surface area contributed by atoms with Gasteiger partial charge in [0.05, 0.1) is 23.7 Å². The van der Waals surface area contributed by atoms with E-state index in [9.17, 15) is 27.9 Å². The molecule has 2 saturated heterocycles. The van der Waals surface area contributed by atoms with E-state index in [1.165, 1.54) is 4.90 Å². The molecule has 0 aromatic carbocycles. The van der Waals surface area contributed by atoms with Gasteiger partial charge in [0.15, 0.2) is 0 Å². The second kappa shape index (κ2) is 10.9. The van der Waals surface area contributed by atoms with Crippen LogP contribution in [0.3, 0.4) is 0 Å². The van der Waals surface area contributed by atoms with Crippen LogP contribution in [0.4, 0.5) is 18.0 Å². The van der Waals surface area contributed by atoms with E-state index in [1.807, 2.05) is 6.92 Å². The highest BCUT2D eigenvalue weighted by molar-refractivity contribution is 5.86. The van der Waals surface area contributed by atoms with Crippen LogP contribution >= 0.6 is 0 Å². The minimum Gasteiger partial charge on any atom is -0.465 e. The van der Waals surface area contributed by atoms with Crippen molar-refractivity contribution in [1.29, 1.82) is 0 Å². The van der Waals surface area contributed by atoms with Crippen LogP contribution in [0.15, 0.2) is 12.3 Å². The van der Waals surface area contributed by atoms with Crippen LogP contribution in [0, 0.1) is 11.3 Å². The zero-order chi connectivity index (χ0) is 27.9. The maximum Gasteiger partial charge on any atom is 0.417 e. The van der Waals surface area contributed by atoms with Crippen molar-refractivity contribution >= 4 is 12.0 Å². The number of rotatable bonds is 6. The third kappa shape index (κ3) is 5.22. The van der Waals surface area contributed by atoms with Crippen molar-refractivity contribution in [3.8, 4) is 0 Å². The van der Waals surface area contributed by atoms with Gasteiger partial charge in [-0.2, -0.15) is 13.2 Å². The van der Waals surface area contributed by atoms with Crippen LogP contribution in [0.25, 0.3) is 0 Å². The number of hydrogen-bond donors (Lipinski definition) is 2. The first-order chi connectivity index (χ1) is 18.6. The fourth-order valence-corrected chi connectivity index (χ4v) is 7.36. The Morgan fingerprint density at radius 3 is 2.85 bits per heavy atom. The molecule has 0 spiro atoms. The molecule has 216 valence electrons. The smallest absolute Gasteiger partial charge is 0.417 e. The lowest BCUT2D eigenvalue weighted by atomic mass is 9.75. The third-order valence-corrected chi connectivity index (χ3v) is 9.14. The van der Waals surface area contributed by atoms with E-state index in [2.05, 4.69) is 10.3 Å². The number of pyridine rings is 1. The summed E-state index contributed by atoms with van der Waals surface area (Å²) in [6.45, 7) is 3.58. The highest BCUT2D eigenvalue weighted by Crippen LogP contribution is 2.54. The molecule has 1 aromatic heterocycles. The van der Waals surface area contributed by atoms with Crippen LogP contribution in [0.1, 0.15) is 55.8 Å². The average molecular weight is 555 g/mol. The number of nitrogens with zero attached hydrogens (tertiary/aromatic N) is 3. The van der Waals surface area contributed by atoms with E-state index in [4.69, 9.17) is 9.47 Å². The zero-order valence-corrected chi connectivity index (χ0v) is 22.4. The van der Waals surface area contributed by atoms with Gasteiger partial charge in [0, 0.05) is 69.8 Å². The van der Waals surface area contributed by atoms with Gasteiger partial charge in [0.2, 0.25) is 5.91 Å². The van der Waals surface area contributed by atoms with E-state index in [1.54, 1.807) is 12.0 Å². The van der Waals surface area contributed by atoms with Crippen molar-refractivity contribution in [3.63, 3.8) is 0 Å². The van der Waals surface area contributed by atoms with Crippen LogP contribution in [0.2, 0.25) is 0 Å². The molecule has 1 unspecified atom stereocenters. The predicted molar refractivity (Wildman–Crippen MR) is 134 cm³/mol. The number of likely N-dealkylation sites (tertiary alicyclic amines) is 1. The first kappa shape index (κ1) is 28.1. The van der Waals surface area contributed by atoms with Gasteiger partial charge in [-0.25, -0.2) is 4.79 Å². The van der Waals surface area contributed by atoms with Crippen molar-refractivity contribution in [1.82, 2.24) is 20.1 Å². The summed E-state index contributed by atoms with van der Waals surface area (Å²) in [5.74, 6) is -0.347. The number of nitrogens with one attached hydrogen (secondary N) is 1. The molecule has 6 atom stereocenters. The number of methoxy groups -OCH3 is 1. The molecular weight excluding hydrogens is 517 g/mol. The van der Waals surface area contributed by atoms with E-state index in [0.717, 1.165) is 25.1 Å². The molecule has 5 rings (SSSR count). The predicted octanol–water partition coefficient (Wildman–Crippen LogP) is 3.31. The molecule has 3 aliphatic heterocycles. The minimum atomic E-state index is -4.52. The zero-order valence-electron chi connectivity index (χ0n) is 22.4. The summed E-state index contributed by atoms with van der Waals surface area (Å²) in [7, 11) is 1.65. The molecule has 1 aromatic rings. The summed E-state index contributed by atoms with van der Waals surface area (Å²) in [4.78, 5) is 33.7. The van der Waals surface area contributed by atoms with Gasteiger partial charge >= 0.3 is 12.3 Å². The van der Waals surface area contributed by atoms with Crippen molar-refractivity contribution in [2.75, 3.05) is 33.4 Å². The summed E-state index contributed by atoms with van der Waals surface area (Å²) < 4.78 is 51.2. The first-order valence-electron chi connectivity index (χ1n) is 13.8. The SMILES string of the molecule is CCCC1[C@@H]2C[C@@H](N[C@H]3CCOC[C@H]3OC)C[C@]2(C(=O)N2CCc3ncc(C(F)(F)F)cc3C2)CN1C(=O)O. The minimum absolute atomic E-state index is 0.00873. The van der Waals surface area contributed by atoms with Crippen molar-refractivity contribution < 1.29 is 37.3 Å². The number of amides is 2. The lowest BCUT2D eigenvalue weighted by Gasteiger charge is -2.37. The van der Waals surface area contributed by atoms with Gasteiger partial charge in [-0.3, -0.25) is 9.78 Å². The van der Waals surface area contributed by atoms with Crippen molar-refractivity contribution in [3.05, 3.63) is 29.1 Å². The Morgan fingerprint density at radius 2 is 2.15 bits per heavy atom. The van der Waals surface area contributed by atoms with Gasteiger partial charge in [0.25, 0.3) is 0 Å². The molecule has 3 fully saturated rings. The fraction of sp³-hybridized carbons (Fsp3) is 0.741. The van der Waals surface area contributed by atoms with E-state index >= 15 is 0 Å². The summed E-state index contributed by atoms with van der Waals surface area (Å²) in [6, 6.07) is 0.857. The number of fused-ring (bicyclic) bond motifs is 2. The molecule has 12 heteroatoms. The monoisotopic (exact) mass is 554 g/mol. The number of aromatic nitrogens is 1. The van der Waals surface area contributed by atoms with E-state index in [0.29, 0.717) is 56.7 Å². The standard InChI is InChI=1S/C27H37F3N4O5/c1-3-4-22-19-10-18(32-21-6-8-39-14-23(21)38-2)11-26(19,15-34(22)25(36)37)24(35)33-7-5-20-16(13-33)9-17(12-31-20)27(28,29)30/h9,12,18-19,21-23,32H,3-8,10-11,13-15H2,1-2H3,(H,36,37)/t18-,19+,21+,22?,23-,26+/m1/s1. The highest BCUT2D eigenvalue weighted by Gasteiger charge is 2.63. The lowest BCUT2D eigenvalue weighted by molar-refractivity contribution is -0.144. The van der Waals surface area contributed by atoms with Crippen molar-refractivity contribution in [2.45, 2.75) is 82.4 Å². The number of carbonyl (C=O) groups excluding carboxylic acids is 1. The molecule has 0 bridgehead atoms. The summed E-state index contributed by atoms with van der Waals surface area (Å²) in [5.41, 5.74) is -0.800. The normalized spacial score (nSPS) is 32.7. The number of halogens is 3. The van der Waals surface area contributed by atoms with Crippen LogP contribution in [-0.2, 0) is 33.4 Å². The average Bonchev–Trinajstić information content (AvgIpc) is 3.42. The van der Waals surface area contributed by atoms with Gasteiger partial charge in [-0.05, 0) is 43.2 Å². The number of ether oxygens (including phenoxy) is 2. The Balaban J connectivity index is 1.42. The molecule has 9 nitrogen and oxygen atoms in total. The molecule has 0 radical (unpaired) electrons. The van der Waals surface area contributed by atoms with Crippen LogP contribution in [0.5, 0.6) is 0 Å². The first-order valence-corrected chi connectivity index (χ1v) is 13.8. The van der Waals surface area contributed by atoms with Crippen molar-refractivity contribution in [2.24, 2.45) is 11.3 Å². The molecule has 1 saturated carbocycles. The quantitative estimate of drug-likeness (QED) is 0.556. The molecule has 2 N–H and O–H groups in total. The van der Waals surface area contributed by atoms with Gasteiger partial charge < -0.3 is 29.7 Å². The molecule has 2 amide bonds. The largest absolute Gasteiger partial charge is 0.465 e. The van der Waals surface area contributed by atoms with E-state index < -0.39 is 23.2 Å². The summed E-state index contributed by atoms with van der Waals surface area (Å²) >= 11 is 0. The number of alkyl halides is 3. The number of carbonyl (C=O) groups is 2. The second-order valence-electron chi connectivity index (χ2n) is 11.4. The topological polar surface area (TPSA) is 104 Å². The van der Waals surface area contributed by atoms with E-state index in [-0.39, 0.29) is 49.1 Å². The third-order valence-electron chi connectivity index (χ3n) is 9.14. The maximum absolute atomic E-state index is 14.4. The highest BCUT2D eigenvalue weighted by atomic mass is 19.4.